The number of nitriles is 2. The van der Waals surface area contributed by atoms with Crippen molar-refractivity contribution in [2.75, 3.05) is 60.0 Å². The first-order chi connectivity index (χ1) is 43.6. The number of benzene rings is 9. The maximum atomic E-state index is 11.9. The van der Waals surface area contributed by atoms with E-state index >= 15 is 0 Å². The molecule has 0 bridgehead atoms. The van der Waals surface area contributed by atoms with Gasteiger partial charge in [-0.15, -0.1) is 0 Å². The van der Waals surface area contributed by atoms with Gasteiger partial charge in [-0.25, -0.2) is 0 Å². The van der Waals surface area contributed by atoms with Gasteiger partial charge in [0.05, 0.1) is 77.7 Å². The van der Waals surface area contributed by atoms with Gasteiger partial charge in [-0.1, -0.05) is 146 Å². The average molecular weight is 1240 g/mol. The molecule has 0 aliphatic carbocycles. The second-order valence-electron chi connectivity index (χ2n) is 21.7. The van der Waals surface area contributed by atoms with Crippen molar-refractivity contribution in [3.8, 4) is 12.1 Å². The lowest BCUT2D eigenvalue weighted by Gasteiger charge is -2.28. The van der Waals surface area contributed by atoms with Crippen LogP contribution in [0.1, 0.15) is 49.8 Å². The van der Waals surface area contributed by atoms with Crippen LogP contribution in [0.25, 0.3) is 0 Å². The molecule has 12 heteroatoms. The Labute approximate surface area is 537 Å². The summed E-state index contributed by atoms with van der Waals surface area (Å²) in [6.45, 7) is 7.56. The van der Waals surface area contributed by atoms with Crippen molar-refractivity contribution >= 4 is 44.6 Å². The maximum Gasteiger partial charge on any atom is 0.323 e. The first kappa shape index (κ1) is 66.8. The van der Waals surface area contributed by atoms with Crippen molar-refractivity contribution in [3.05, 3.63) is 271 Å². The summed E-state index contributed by atoms with van der Waals surface area (Å²) in [6.07, 6.45) is 5.75. The van der Waals surface area contributed by atoms with Gasteiger partial charge in [0.1, 0.15) is 6.04 Å². The number of hydrogen-bond donors (Lipinski definition) is 0. The summed E-state index contributed by atoms with van der Waals surface area (Å²) in [6, 6.07) is 95.3. The van der Waals surface area contributed by atoms with Gasteiger partial charge in [0.15, 0.2) is 44.1 Å². The van der Waals surface area contributed by atoms with Gasteiger partial charge in [-0.3, -0.25) is 24.3 Å². The second-order valence-corrected chi connectivity index (χ2v) is 27.8. The zero-order valence-electron chi connectivity index (χ0n) is 51.7. The Hall–Kier alpha value is -8.17. The minimum Gasteiger partial charge on any atom is -0.465 e. The number of aryl methyl sites for hydroxylation is 1. The minimum atomic E-state index is -0.146. The maximum absolute atomic E-state index is 11.9. The molecule has 0 saturated carbocycles. The van der Waals surface area contributed by atoms with Crippen molar-refractivity contribution < 1.29 is 19.1 Å². The number of ether oxygens (including phenoxy) is 2. The molecule has 9 aromatic carbocycles. The predicted molar refractivity (Wildman–Crippen MR) is 363 cm³/mol. The van der Waals surface area contributed by atoms with Gasteiger partial charge in [0, 0.05) is 19.0 Å². The standard InChI is InChI=1S/C27H32NO2S.C26H28NO2S.C24H22N3S/c1-3-30-27(29)22-28(2)21-11-10-12-23-17-19-26(20-18-23)31(24-13-6-4-7-14-24)25-15-8-5-9-16-25;1-20(27(2)25-17-18-29-26(25)28)19-21-13-15-24(16-14-21)30(22-9-5-3-6-10-22)23-11-7-4-8-12-23;25-16-19-27(20-17-26)18-15-21-11-13-24(14-12-21)28(22-7-3-1-4-8-22)23-9-5-2-6-10-23/h4-9,13-20H,3,10-12,21-22H2,1-2H3;3-16,20,25H,17-19H2,1-2H3;1-14H,15,18-20H2/q3*+1. The lowest BCUT2D eigenvalue weighted by Crippen LogP contribution is -2.42. The molecule has 0 radical (unpaired) electrons. The molecule has 0 spiro atoms. The number of cyclic esters (lactones) is 1. The van der Waals surface area contributed by atoms with Gasteiger partial charge in [0.25, 0.3) is 0 Å². The molecule has 0 N–H and O–H groups in total. The molecule has 2 unspecified atom stereocenters. The normalized spacial score (nSPS) is 13.0. The lowest BCUT2D eigenvalue weighted by molar-refractivity contribution is -0.144. The summed E-state index contributed by atoms with van der Waals surface area (Å²) >= 11 is 0. The third kappa shape index (κ3) is 20.7. The van der Waals surface area contributed by atoms with Crippen LogP contribution in [0.2, 0.25) is 0 Å². The largest absolute Gasteiger partial charge is 0.465 e. The fourth-order valence-corrected chi connectivity index (χ4v) is 16.7. The number of esters is 2. The second kappa shape index (κ2) is 36.3. The van der Waals surface area contributed by atoms with Gasteiger partial charge >= 0.3 is 11.9 Å². The van der Waals surface area contributed by atoms with Crippen LogP contribution in [-0.4, -0.2) is 98.8 Å². The summed E-state index contributed by atoms with van der Waals surface area (Å²) in [5, 5.41) is 17.7. The lowest BCUT2D eigenvalue weighted by atomic mass is 10.0. The molecule has 9 aromatic rings. The van der Waals surface area contributed by atoms with Crippen LogP contribution in [0.4, 0.5) is 0 Å². The summed E-state index contributed by atoms with van der Waals surface area (Å²) in [4.78, 5) is 41.4. The van der Waals surface area contributed by atoms with E-state index in [1.54, 1.807) is 0 Å². The Morgan fingerprint density at radius 3 is 1.19 bits per heavy atom. The van der Waals surface area contributed by atoms with E-state index in [4.69, 9.17) is 20.0 Å². The topological polar surface area (TPSA) is 110 Å². The minimum absolute atomic E-state index is 0.0885. The highest BCUT2D eigenvalue weighted by Crippen LogP contribution is 2.34. The molecule has 1 heterocycles. The Morgan fingerprint density at radius 2 is 0.854 bits per heavy atom. The van der Waals surface area contributed by atoms with Crippen LogP contribution >= 0.6 is 0 Å². The molecular formula is C77H82N5O4S3+3. The van der Waals surface area contributed by atoms with E-state index < -0.39 is 0 Å². The van der Waals surface area contributed by atoms with E-state index in [-0.39, 0.29) is 69.8 Å². The summed E-state index contributed by atoms with van der Waals surface area (Å²) < 4.78 is 10.1. The van der Waals surface area contributed by atoms with Crippen LogP contribution in [0.5, 0.6) is 0 Å². The highest BCUT2D eigenvalue weighted by molar-refractivity contribution is 7.97. The highest BCUT2D eigenvalue weighted by Gasteiger charge is 2.34. The SMILES string of the molecule is CC(Cc1ccc([S+](c2ccccc2)c2ccccc2)cc1)N(C)C1CCOC1=O.CCOC(=O)CN(C)CCCCc1ccc([S+](c2ccccc2)c2ccccc2)cc1.N#CCN(CC#N)CCc1ccc([S+](c2ccccc2)c2ccccc2)cc1. The third-order valence-corrected chi connectivity index (χ3v) is 21.9. The average Bonchev–Trinajstić information content (AvgIpc) is 3.43. The molecule has 1 aliphatic rings. The molecule has 9 nitrogen and oxygen atoms in total. The van der Waals surface area contributed by atoms with E-state index in [1.807, 2.05) is 43.0 Å². The zero-order chi connectivity index (χ0) is 62.4. The van der Waals surface area contributed by atoms with E-state index in [2.05, 4.69) is 267 Å². The highest BCUT2D eigenvalue weighted by atomic mass is 32.2. The Morgan fingerprint density at radius 1 is 0.506 bits per heavy atom. The van der Waals surface area contributed by atoms with E-state index in [1.165, 1.54) is 60.7 Å². The fraction of sp³-hybridized carbons (Fsp3) is 0.247. The Bertz CT molecular complexity index is 3450. The monoisotopic (exact) mass is 1240 g/mol. The predicted octanol–water partition coefficient (Wildman–Crippen LogP) is 15.2. The van der Waals surface area contributed by atoms with Crippen LogP contribution in [0, 0.1) is 22.7 Å². The third-order valence-electron chi connectivity index (χ3n) is 15.2. The van der Waals surface area contributed by atoms with Gasteiger partial charge < -0.3 is 9.47 Å². The van der Waals surface area contributed by atoms with Crippen molar-refractivity contribution in [1.29, 1.82) is 10.5 Å². The van der Waals surface area contributed by atoms with Gasteiger partial charge in [-0.05, 0) is 192 Å². The number of nitrogens with zero attached hydrogens (tertiary/aromatic N) is 5. The quantitative estimate of drug-likeness (QED) is 0.0227. The number of hydrogen-bond acceptors (Lipinski definition) is 9. The van der Waals surface area contributed by atoms with Gasteiger partial charge in [0.2, 0.25) is 0 Å². The summed E-state index contributed by atoms with van der Waals surface area (Å²) in [7, 11) is 3.64. The summed E-state index contributed by atoms with van der Waals surface area (Å²) in [5.74, 6) is -0.234. The molecule has 454 valence electrons. The molecular weight excluding hydrogens is 1160 g/mol. The van der Waals surface area contributed by atoms with E-state index in [0.717, 1.165) is 45.1 Å². The van der Waals surface area contributed by atoms with Crippen LogP contribution in [0.15, 0.2) is 299 Å². The summed E-state index contributed by atoms with van der Waals surface area (Å²) in [5.41, 5.74) is 3.87. The van der Waals surface area contributed by atoms with Crippen molar-refractivity contribution in [1.82, 2.24) is 14.7 Å². The Balaban J connectivity index is 0.000000173. The van der Waals surface area contributed by atoms with Crippen LogP contribution in [-0.2, 0) is 71.0 Å². The molecule has 1 aliphatic heterocycles. The smallest absolute Gasteiger partial charge is 0.323 e. The number of likely N-dealkylation sites (N-methyl/N-ethyl adjacent to an activating group) is 2. The van der Waals surface area contributed by atoms with E-state index in [0.29, 0.717) is 26.3 Å². The fourth-order valence-electron chi connectivity index (χ4n) is 10.5. The molecule has 10 rings (SSSR count). The van der Waals surface area contributed by atoms with Crippen molar-refractivity contribution in [2.45, 2.75) is 109 Å². The van der Waals surface area contributed by atoms with Crippen molar-refractivity contribution in [3.63, 3.8) is 0 Å². The molecule has 1 fully saturated rings. The number of unbranched alkanes of at least 4 members (excludes halogenated alkanes) is 1. The van der Waals surface area contributed by atoms with Gasteiger partial charge in [-0.2, -0.15) is 10.5 Å². The zero-order valence-corrected chi connectivity index (χ0v) is 54.1. The molecule has 1 saturated heterocycles. The van der Waals surface area contributed by atoms with Crippen LogP contribution < -0.4 is 0 Å². The molecule has 0 aromatic heterocycles. The Kier molecular flexibility index (Phi) is 27.3. The number of rotatable bonds is 26. The molecule has 89 heavy (non-hydrogen) atoms. The molecule has 0 amide bonds. The first-order valence-electron chi connectivity index (χ1n) is 30.6. The van der Waals surface area contributed by atoms with Crippen LogP contribution in [0.3, 0.4) is 0 Å². The first-order valence-corrected chi connectivity index (χ1v) is 34.3. The van der Waals surface area contributed by atoms with Crippen molar-refractivity contribution in [2.24, 2.45) is 0 Å². The number of carbonyl (C=O) groups is 2. The number of carbonyl (C=O) groups excluding carboxylic acids is 2. The van der Waals surface area contributed by atoms with E-state index in [9.17, 15) is 9.59 Å². The molecule has 2 atom stereocenters.